The van der Waals surface area contributed by atoms with Crippen molar-refractivity contribution in [3.05, 3.63) is 60.9 Å². The molecule has 0 spiro atoms. The molecule has 0 amide bonds. The standard InChI is InChI=1S/C10H10N4/c1-2-4-6-8-10-12-14-13-11-9-7-5-3-1/h1-10H. The maximum absolute atomic E-state index is 3.62. The number of aromatic nitrogens is 4. The predicted octanol–water partition coefficient (Wildman–Crippen LogP) is 1.52. The molecule has 4 nitrogen and oxygen atoms in total. The van der Waals surface area contributed by atoms with Crippen LogP contribution in [0.3, 0.4) is 0 Å². The summed E-state index contributed by atoms with van der Waals surface area (Å²) in [5, 5.41) is 14.1. The van der Waals surface area contributed by atoms with E-state index in [1.54, 1.807) is 12.1 Å². The highest BCUT2D eigenvalue weighted by molar-refractivity contribution is 4.93. The van der Waals surface area contributed by atoms with Crippen LogP contribution in [-0.2, 0) is 0 Å². The van der Waals surface area contributed by atoms with E-state index in [-0.39, 0.29) is 0 Å². The van der Waals surface area contributed by atoms with Crippen LogP contribution in [0.4, 0.5) is 0 Å². The minimum Gasteiger partial charge on any atom is -0.137 e. The van der Waals surface area contributed by atoms with Crippen LogP contribution in [0.25, 0.3) is 0 Å². The summed E-state index contributed by atoms with van der Waals surface area (Å²) in [5.41, 5.74) is 0. The van der Waals surface area contributed by atoms with Crippen LogP contribution < -0.4 is 0 Å². The quantitative estimate of drug-likeness (QED) is 0.616. The Morgan fingerprint density at radius 2 is 0.786 bits per heavy atom. The normalized spacial score (nSPS) is 8.00. The lowest BCUT2D eigenvalue weighted by Crippen LogP contribution is -1.79. The molecule has 1 rings (SSSR count). The largest absolute Gasteiger partial charge is 0.137 e. The molecule has 70 valence electrons. The molecule has 1 aromatic heterocycles. The first-order valence-corrected chi connectivity index (χ1v) is 4.12. The fourth-order valence-corrected chi connectivity index (χ4v) is 0.667. The average Bonchev–Trinajstić information content (AvgIpc) is 2.22. The van der Waals surface area contributed by atoms with Crippen LogP contribution in [-0.4, -0.2) is 20.6 Å². The van der Waals surface area contributed by atoms with Gasteiger partial charge in [0.25, 0.3) is 0 Å². The van der Waals surface area contributed by atoms with Gasteiger partial charge in [-0.1, -0.05) is 36.4 Å². The average molecular weight is 186 g/mol. The van der Waals surface area contributed by atoms with Crippen molar-refractivity contribution in [2.24, 2.45) is 0 Å². The van der Waals surface area contributed by atoms with Gasteiger partial charge in [-0.25, -0.2) is 0 Å². The van der Waals surface area contributed by atoms with E-state index in [1.165, 1.54) is 12.4 Å². The summed E-state index contributed by atoms with van der Waals surface area (Å²) in [7, 11) is 0. The number of nitrogens with zero attached hydrogens (tertiary/aromatic N) is 4. The molecule has 4 heteroatoms. The molecule has 1 heterocycles. The zero-order valence-corrected chi connectivity index (χ0v) is 7.56. The minimum atomic E-state index is 1.54. The molecule has 0 aliphatic heterocycles. The van der Waals surface area contributed by atoms with Gasteiger partial charge < -0.3 is 0 Å². The molecular formula is C10H10N4. The summed E-state index contributed by atoms with van der Waals surface area (Å²) < 4.78 is 0. The highest BCUT2D eigenvalue weighted by atomic mass is 15.4. The highest BCUT2D eigenvalue weighted by Gasteiger charge is 1.60. The molecular weight excluding hydrogens is 176 g/mol. The molecule has 14 heavy (non-hydrogen) atoms. The Morgan fingerprint density at radius 1 is 0.429 bits per heavy atom. The van der Waals surface area contributed by atoms with Gasteiger partial charge in [0.2, 0.25) is 0 Å². The Labute approximate surface area is 82.3 Å². The molecule has 0 saturated heterocycles. The highest BCUT2D eigenvalue weighted by Crippen LogP contribution is 1.75. The van der Waals surface area contributed by atoms with E-state index in [0.29, 0.717) is 0 Å². The third-order valence-electron chi connectivity index (χ3n) is 1.23. The Bertz CT molecular complexity index is 225. The lowest BCUT2D eigenvalue weighted by atomic mass is 10.4. The van der Waals surface area contributed by atoms with E-state index in [2.05, 4.69) is 20.6 Å². The second kappa shape index (κ2) is 7.54. The lowest BCUT2D eigenvalue weighted by molar-refractivity contribution is 0.790. The van der Waals surface area contributed by atoms with Crippen molar-refractivity contribution in [2.45, 2.75) is 0 Å². The number of hydrogen-bond acceptors (Lipinski definition) is 4. The SMILES string of the molecule is c1cccccnnnncccc1. The smallest absolute Gasteiger partial charge is 0.0514 e. The lowest BCUT2D eigenvalue weighted by Gasteiger charge is -1.68. The third kappa shape index (κ3) is 5.54. The fraction of sp³-hybridized carbons (Fsp3) is 0. The van der Waals surface area contributed by atoms with E-state index in [4.69, 9.17) is 0 Å². The molecule has 0 bridgehead atoms. The Morgan fingerprint density at radius 3 is 1.21 bits per heavy atom. The number of hydrogen-bond donors (Lipinski definition) is 0. The van der Waals surface area contributed by atoms with Crippen LogP contribution in [0.1, 0.15) is 0 Å². The Balaban J connectivity index is 3.00. The summed E-state index contributed by atoms with van der Waals surface area (Å²) >= 11 is 0. The molecule has 0 N–H and O–H groups in total. The van der Waals surface area contributed by atoms with Gasteiger partial charge in [-0.2, -0.15) is 0 Å². The van der Waals surface area contributed by atoms with Gasteiger partial charge in [-0.05, 0) is 22.6 Å². The summed E-state index contributed by atoms with van der Waals surface area (Å²) in [6.07, 6.45) is 3.07. The molecule has 0 unspecified atom stereocenters. The summed E-state index contributed by atoms with van der Waals surface area (Å²) in [6, 6.07) is 14.8. The first-order chi connectivity index (χ1) is 7.00. The second-order valence-electron chi connectivity index (χ2n) is 2.25. The molecule has 0 fully saturated rings. The monoisotopic (exact) mass is 186 g/mol. The van der Waals surface area contributed by atoms with E-state index >= 15 is 0 Å². The van der Waals surface area contributed by atoms with Gasteiger partial charge in [0.1, 0.15) is 0 Å². The van der Waals surface area contributed by atoms with Gasteiger partial charge in [0, 0.05) is 0 Å². The Kier molecular flexibility index (Phi) is 5.38. The second-order valence-corrected chi connectivity index (χ2v) is 2.25. The molecule has 0 aliphatic rings. The van der Waals surface area contributed by atoms with Crippen LogP contribution in [0.5, 0.6) is 0 Å². The van der Waals surface area contributed by atoms with E-state index in [0.717, 1.165) is 0 Å². The van der Waals surface area contributed by atoms with Crippen molar-refractivity contribution in [3.63, 3.8) is 0 Å². The van der Waals surface area contributed by atoms with Gasteiger partial charge in [-0.3, -0.25) is 0 Å². The zero-order valence-electron chi connectivity index (χ0n) is 7.56. The third-order valence-corrected chi connectivity index (χ3v) is 1.23. The van der Waals surface area contributed by atoms with E-state index < -0.39 is 0 Å². The molecule has 0 radical (unpaired) electrons. The first kappa shape index (κ1) is 9.98. The minimum absolute atomic E-state index is 1.54. The van der Waals surface area contributed by atoms with Crippen molar-refractivity contribution in [1.82, 2.24) is 20.6 Å². The van der Waals surface area contributed by atoms with E-state index in [9.17, 15) is 0 Å². The molecule has 1 aromatic rings. The summed E-state index contributed by atoms with van der Waals surface area (Å²) in [5.74, 6) is 0. The predicted molar refractivity (Wildman–Crippen MR) is 52.9 cm³/mol. The van der Waals surface area contributed by atoms with Crippen molar-refractivity contribution >= 4 is 0 Å². The van der Waals surface area contributed by atoms with Gasteiger partial charge in [0.15, 0.2) is 0 Å². The maximum Gasteiger partial charge on any atom is 0.0514 e. The first-order valence-electron chi connectivity index (χ1n) is 4.12. The molecule has 0 aromatic carbocycles. The van der Waals surface area contributed by atoms with Crippen molar-refractivity contribution in [1.29, 1.82) is 0 Å². The van der Waals surface area contributed by atoms with Crippen LogP contribution in [0.15, 0.2) is 60.9 Å². The summed E-state index contributed by atoms with van der Waals surface area (Å²) in [6.45, 7) is 0. The molecule has 0 aliphatic carbocycles. The fourth-order valence-electron chi connectivity index (χ4n) is 0.667. The molecule has 0 saturated carbocycles. The summed E-state index contributed by atoms with van der Waals surface area (Å²) in [4.78, 5) is 0. The Hall–Kier alpha value is -2.10. The van der Waals surface area contributed by atoms with Crippen molar-refractivity contribution < 1.29 is 0 Å². The van der Waals surface area contributed by atoms with Gasteiger partial charge in [0.05, 0.1) is 12.4 Å². The maximum atomic E-state index is 3.62. The van der Waals surface area contributed by atoms with Crippen LogP contribution in [0, 0.1) is 0 Å². The van der Waals surface area contributed by atoms with Gasteiger partial charge >= 0.3 is 0 Å². The van der Waals surface area contributed by atoms with Crippen molar-refractivity contribution in [3.8, 4) is 0 Å². The number of rotatable bonds is 0. The van der Waals surface area contributed by atoms with Crippen molar-refractivity contribution in [2.75, 3.05) is 0 Å². The van der Waals surface area contributed by atoms with Crippen LogP contribution in [0.2, 0.25) is 0 Å². The van der Waals surface area contributed by atoms with Crippen LogP contribution >= 0.6 is 0 Å². The zero-order chi connectivity index (χ0) is 9.90. The van der Waals surface area contributed by atoms with Gasteiger partial charge in [-0.15, -0.1) is 10.2 Å². The topological polar surface area (TPSA) is 51.6 Å². The molecule has 0 atom stereocenters. The van der Waals surface area contributed by atoms with E-state index in [1.807, 2.05) is 36.4 Å².